The molecule has 0 aromatic heterocycles. The van der Waals surface area contributed by atoms with Crippen LogP contribution in [0.2, 0.25) is 5.02 Å². The zero-order valence-corrected chi connectivity index (χ0v) is 6.13. The van der Waals surface area contributed by atoms with E-state index in [-0.39, 0.29) is 16.3 Å². The molecular weight excluding hydrogens is 168 g/mol. The zero-order valence-electron chi connectivity index (χ0n) is 5.37. The molecule has 58 valence electrons. The molecule has 0 aliphatic heterocycles. The number of carboxylic acid groups (broad SMARTS) is 1. The number of carbonyl (C=O) groups is 1. The summed E-state index contributed by atoms with van der Waals surface area (Å²) in [6.07, 6.45) is 0. The normalized spacial score (nSPS) is 9.55. The summed E-state index contributed by atoms with van der Waals surface area (Å²) in [5.74, 6) is -1.54. The maximum absolute atomic E-state index is 10.6. The molecule has 0 saturated carbocycles. The Labute approximate surface area is 67.8 Å². The lowest BCUT2D eigenvalue weighted by atomic mass is 10.2. The van der Waals surface area contributed by atoms with E-state index in [9.17, 15) is 9.90 Å². The monoisotopic (exact) mass is 171 g/mol. The van der Waals surface area contributed by atoms with Crippen molar-refractivity contribution in [1.82, 2.24) is 0 Å². The largest absolute Gasteiger partial charge is 0.872 e. The maximum Gasteiger partial charge on any atom is 0.337 e. The van der Waals surface area contributed by atoms with Gasteiger partial charge in [0.25, 0.3) is 0 Å². The second-order valence-electron chi connectivity index (χ2n) is 1.95. The lowest BCUT2D eigenvalue weighted by Crippen LogP contribution is -1.99. The highest BCUT2D eigenvalue weighted by molar-refractivity contribution is 6.33. The molecule has 0 heterocycles. The van der Waals surface area contributed by atoms with Crippen LogP contribution in [0, 0.1) is 0 Å². The first-order valence-corrected chi connectivity index (χ1v) is 3.19. The van der Waals surface area contributed by atoms with Crippen LogP contribution >= 0.6 is 11.6 Å². The molecule has 0 bridgehead atoms. The Morgan fingerprint density at radius 3 is 2.64 bits per heavy atom. The van der Waals surface area contributed by atoms with Crippen molar-refractivity contribution >= 4 is 17.6 Å². The molecule has 0 unspecified atom stereocenters. The summed E-state index contributed by atoms with van der Waals surface area (Å²) < 4.78 is 0. The van der Waals surface area contributed by atoms with Crippen LogP contribution in [0.5, 0.6) is 5.75 Å². The molecule has 1 aromatic rings. The second kappa shape index (κ2) is 2.80. The van der Waals surface area contributed by atoms with E-state index in [0.29, 0.717) is 0 Å². The van der Waals surface area contributed by atoms with Crippen molar-refractivity contribution in [2.75, 3.05) is 0 Å². The van der Waals surface area contributed by atoms with E-state index in [4.69, 9.17) is 16.7 Å². The van der Waals surface area contributed by atoms with Gasteiger partial charge in [0, 0.05) is 0 Å². The summed E-state index contributed by atoms with van der Waals surface area (Å²) in [6.45, 7) is 0. The van der Waals surface area contributed by atoms with Gasteiger partial charge in [-0.15, -0.1) is 5.75 Å². The average Bonchev–Trinajstić information content (AvgIpc) is 1.94. The fraction of sp³-hybridized carbons (Fsp3) is 0. The van der Waals surface area contributed by atoms with Gasteiger partial charge in [-0.25, -0.2) is 4.79 Å². The minimum atomic E-state index is -1.19. The van der Waals surface area contributed by atoms with Gasteiger partial charge in [-0.3, -0.25) is 0 Å². The quantitative estimate of drug-likeness (QED) is 0.689. The van der Waals surface area contributed by atoms with E-state index < -0.39 is 5.97 Å². The minimum Gasteiger partial charge on any atom is -0.872 e. The Bertz CT molecular complexity index is 296. The first kappa shape index (κ1) is 7.88. The van der Waals surface area contributed by atoms with E-state index in [2.05, 4.69) is 0 Å². The number of benzene rings is 1. The van der Waals surface area contributed by atoms with Gasteiger partial charge in [0.2, 0.25) is 0 Å². The summed E-state index contributed by atoms with van der Waals surface area (Å²) in [5, 5.41) is 19.2. The molecule has 1 N–H and O–H groups in total. The van der Waals surface area contributed by atoms with E-state index >= 15 is 0 Å². The molecule has 0 fully saturated rings. The van der Waals surface area contributed by atoms with Crippen molar-refractivity contribution in [1.29, 1.82) is 0 Å². The second-order valence-corrected chi connectivity index (χ2v) is 2.35. The summed E-state index contributed by atoms with van der Waals surface area (Å²) in [6, 6.07) is 3.48. The predicted octanol–water partition coefficient (Wildman–Crippen LogP) is 1.11. The molecule has 1 aromatic carbocycles. The first-order valence-electron chi connectivity index (χ1n) is 2.81. The van der Waals surface area contributed by atoms with Gasteiger partial charge in [-0.1, -0.05) is 23.7 Å². The van der Waals surface area contributed by atoms with Crippen molar-refractivity contribution in [2.45, 2.75) is 0 Å². The molecule has 3 nitrogen and oxygen atoms in total. The standard InChI is InChI=1S/C7H5ClO3/c8-6-2-1-4(9)3-5(6)7(10)11/h1-3,9H,(H,10,11)/p-1. The van der Waals surface area contributed by atoms with Crippen molar-refractivity contribution in [3.05, 3.63) is 28.8 Å². The lowest BCUT2D eigenvalue weighted by molar-refractivity contribution is -0.268. The van der Waals surface area contributed by atoms with Crippen molar-refractivity contribution in [2.24, 2.45) is 0 Å². The fourth-order valence-corrected chi connectivity index (χ4v) is 0.867. The molecular formula is C7H4ClO3-. The van der Waals surface area contributed by atoms with Gasteiger partial charge in [0.15, 0.2) is 0 Å². The highest BCUT2D eigenvalue weighted by Gasteiger charge is 2.05. The smallest absolute Gasteiger partial charge is 0.337 e. The molecule has 1 rings (SSSR count). The Balaban J connectivity index is 3.23. The van der Waals surface area contributed by atoms with E-state index in [1.807, 2.05) is 0 Å². The van der Waals surface area contributed by atoms with Crippen LogP contribution in [0.15, 0.2) is 18.2 Å². The van der Waals surface area contributed by atoms with Crippen LogP contribution in [0.1, 0.15) is 10.4 Å². The predicted molar refractivity (Wildman–Crippen MR) is 37.9 cm³/mol. The molecule has 0 spiro atoms. The molecule has 4 heteroatoms. The summed E-state index contributed by atoms with van der Waals surface area (Å²) >= 11 is 5.47. The molecule has 0 atom stereocenters. The highest BCUT2D eigenvalue weighted by Crippen LogP contribution is 2.18. The van der Waals surface area contributed by atoms with Crippen LogP contribution in [-0.4, -0.2) is 11.1 Å². The average molecular weight is 172 g/mol. The maximum atomic E-state index is 10.6. The van der Waals surface area contributed by atoms with Gasteiger partial charge in [0.05, 0.1) is 10.6 Å². The molecule has 0 amide bonds. The van der Waals surface area contributed by atoms with Crippen molar-refractivity contribution in [3.63, 3.8) is 0 Å². The lowest BCUT2D eigenvalue weighted by Gasteiger charge is -2.05. The summed E-state index contributed by atoms with van der Waals surface area (Å²) in [7, 11) is 0. The topological polar surface area (TPSA) is 60.4 Å². The van der Waals surface area contributed by atoms with E-state index in [0.717, 1.165) is 6.07 Å². The highest BCUT2D eigenvalue weighted by atomic mass is 35.5. The van der Waals surface area contributed by atoms with Crippen LogP contribution in [0.4, 0.5) is 0 Å². The Hall–Kier alpha value is -1.22. The van der Waals surface area contributed by atoms with Crippen molar-refractivity contribution in [3.8, 4) is 5.75 Å². The van der Waals surface area contributed by atoms with Gasteiger partial charge in [-0.2, -0.15) is 0 Å². The number of carboxylic acids is 1. The molecule has 0 aliphatic carbocycles. The number of halogens is 1. The minimum absolute atomic E-state index is 0.0806. The van der Waals surface area contributed by atoms with Gasteiger partial charge >= 0.3 is 5.97 Å². The third kappa shape index (κ3) is 1.62. The Morgan fingerprint density at radius 2 is 2.18 bits per heavy atom. The molecule has 0 aliphatic rings. The molecule has 11 heavy (non-hydrogen) atoms. The molecule has 0 saturated heterocycles. The Kier molecular flexibility index (Phi) is 2.01. The third-order valence-electron chi connectivity index (χ3n) is 1.17. The van der Waals surface area contributed by atoms with Gasteiger partial charge in [-0.05, 0) is 6.07 Å². The summed E-state index contributed by atoms with van der Waals surface area (Å²) in [5.41, 5.74) is -0.154. The third-order valence-corrected chi connectivity index (χ3v) is 1.50. The number of aromatic carboxylic acids is 1. The van der Waals surface area contributed by atoms with Crippen LogP contribution in [0.3, 0.4) is 0 Å². The zero-order chi connectivity index (χ0) is 8.43. The number of hydrogen-bond donors (Lipinski definition) is 1. The number of rotatable bonds is 1. The summed E-state index contributed by atoms with van der Waals surface area (Å²) in [4.78, 5) is 10.4. The fourth-order valence-electron chi connectivity index (χ4n) is 0.668. The first-order chi connectivity index (χ1) is 5.11. The van der Waals surface area contributed by atoms with Crippen LogP contribution in [0.25, 0.3) is 0 Å². The van der Waals surface area contributed by atoms with Crippen molar-refractivity contribution < 1.29 is 15.0 Å². The van der Waals surface area contributed by atoms with Crippen LogP contribution < -0.4 is 5.11 Å². The van der Waals surface area contributed by atoms with Gasteiger partial charge < -0.3 is 10.2 Å². The van der Waals surface area contributed by atoms with Gasteiger partial charge in [0.1, 0.15) is 0 Å². The van der Waals surface area contributed by atoms with Crippen LogP contribution in [-0.2, 0) is 0 Å². The van der Waals surface area contributed by atoms with E-state index in [1.165, 1.54) is 12.1 Å². The Morgan fingerprint density at radius 1 is 1.55 bits per heavy atom. The SMILES string of the molecule is O=C(O)c1cc([O-])ccc1Cl. The number of hydrogen-bond acceptors (Lipinski definition) is 2. The van der Waals surface area contributed by atoms with E-state index in [1.54, 1.807) is 0 Å². The molecule has 0 radical (unpaired) electrons.